The van der Waals surface area contributed by atoms with E-state index in [1.165, 1.54) is 13.8 Å². The third-order valence-corrected chi connectivity index (χ3v) is 7.87. The summed E-state index contributed by atoms with van der Waals surface area (Å²) in [5.74, 6) is -0.861. The molecule has 2 atom stereocenters. The lowest BCUT2D eigenvalue weighted by atomic mass is 10.1. The molecule has 4 amide bonds. The number of nitrogens with zero attached hydrogens (tertiary/aromatic N) is 4. The molecule has 0 saturated heterocycles. The van der Waals surface area contributed by atoms with Gasteiger partial charge in [-0.3, -0.25) is 29.0 Å². The van der Waals surface area contributed by atoms with Crippen LogP contribution < -0.4 is 9.80 Å². The molecule has 0 aromatic heterocycles. The number of hydrogen-bond donors (Lipinski definition) is 0. The highest BCUT2D eigenvalue weighted by atomic mass is 16.2. The van der Waals surface area contributed by atoms with Crippen LogP contribution in [0.3, 0.4) is 0 Å². The van der Waals surface area contributed by atoms with Crippen LogP contribution in [-0.2, 0) is 9.59 Å². The molecule has 8 nitrogen and oxygen atoms in total. The first kappa shape index (κ1) is 27.0. The van der Waals surface area contributed by atoms with E-state index in [1.807, 2.05) is 84.9 Å². The van der Waals surface area contributed by atoms with E-state index in [1.54, 1.807) is 43.9 Å². The van der Waals surface area contributed by atoms with E-state index in [2.05, 4.69) is 0 Å². The third kappa shape index (κ3) is 4.51. The summed E-state index contributed by atoms with van der Waals surface area (Å²) in [4.78, 5) is 60.4. The van der Waals surface area contributed by atoms with E-state index in [0.717, 1.165) is 11.1 Å². The van der Waals surface area contributed by atoms with Gasteiger partial charge in [-0.15, -0.1) is 0 Å². The molecule has 6 rings (SSSR count). The Kier molecular flexibility index (Phi) is 7.04. The molecule has 2 aliphatic rings. The third-order valence-electron chi connectivity index (χ3n) is 7.87. The van der Waals surface area contributed by atoms with Crippen LogP contribution in [0.4, 0.5) is 11.4 Å². The normalized spacial score (nSPS) is 17.2. The molecule has 4 aromatic carbocycles. The van der Waals surface area contributed by atoms with Crippen molar-refractivity contribution in [1.82, 2.24) is 9.80 Å². The summed E-state index contributed by atoms with van der Waals surface area (Å²) >= 11 is 0. The zero-order valence-corrected chi connectivity index (χ0v) is 23.4. The smallest absolute Gasteiger partial charge is 0.256 e. The molecule has 0 unspecified atom stereocenters. The first-order chi connectivity index (χ1) is 20.4. The van der Waals surface area contributed by atoms with Crippen molar-refractivity contribution in [2.24, 2.45) is 0 Å². The van der Waals surface area contributed by atoms with Crippen molar-refractivity contribution in [2.75, 3.05) is 22.9 Å². The molecule has 2 aliphatic heterocycles. The first-order valence-electron chi connectivity index (χ1n) is 13.9. The SMILES string of the molecule is CC(=O)N(c1ccccc1)[C@@H]1c2ccccc2C(=O)N1CCN1C(=O)c2ccccc2[C@H]1N(C(C)=O)c1ccccc1. The zero-order chi connectivity index (χ0) is 29.4. The summed E-state index contributed by atoms with van der Waals surface area (Å²) in [6.45, 7) is 3.26. The van der Waals surface area contributed by atoms with E-state index < -0.39 is 12.3 Å². The van der Waals surface area contributed by atoms with Crippen LogP contribution in [0.25, 0.3) is 0 Å². The minimum Gasteiger partial charge on any atom is -0.312 e. The summed E-state index contributed by atoms with van der Waals surface area (Å²) < 4.78 is 0. The van der Waals surface area contributed by atoms with Crippen LogP contribution in [0.1, 0.15) is 58.0 Å². The fraction of sp³-hybridized carbons (Fsp3) is 0.176. The van der Waals surface area contributed by atoms with Gasteiger partial charge in [0.05, 0.1) is 0 Å². The van der Waals surface area contributed by atoms with Crippen molar-refractivity contribution in [3.05, 3.63) is 131 Å². The Labute approximate surface area is 244 Å². The topological polar surface area (TPSA) is 81.2 Å². The molecule has 8 heteroatoms. The number of hydrogen-bond acceptors (Lipinski definition) is 4. The standard InChI is InChI=1S/C34H30N4O4/c1-23(39)37(25-13-5-3-6-14-25)31-27-17-9-11-19-29(27)33(41)35(31)21-22-36-32(28-18-10-12-20-30(28)34(36)42)38(24(2)40)26-15-7-4-8-16-26/h3-20,31-32H,21-22H2,1-2H3/t31-,32-/m1/s1. The lowest BCUT2D eigenvalue weighted by Crippen LogP contribution is -2.48. The van der Waals surface area contributed by atoms with Gasteiger partial charge < -0.3 is 9.80 Å². The second-order valence-corrected chi connectivity index (χ2v) is 10.4. The van der Waals surface area contributed by atoms with E-state index in [-0.39, 0.29) is 36.7 Å². The predicted octanol–water partition coefficient (Wildman–Crippen LogP) is 5.40. The molecular weight excluding hydrogens is 528 g/mol. The Morgan fingerprint density at radius 2 is 0.881 bits per heavy atom. The minimum atomic E-state index is -0.690. The Morgan fingerprint density at radius 1 is 0.548 bits per heavy atom. The highest BCUT2D eigenvalue weighted by Gasteiger charge is 2.45. The Bertz CT molecular complexity index is 1550. The summed E-state index contributed by atoms with van der Waals surface area (Å²) in [5.41, 5.74) is 3.82. The van der Waals surface area contributed by atoms with Gasteiger partial charge in [0.2, 0.25) is 11.8 Å². The number of carbonyl (C=O) groups is 4. The number of anilines is 2. The molecule has 0 bridgehead atoms. The second kappa shape index (κ2) is 11.0. The van der Waals surface area contributed by atoms with Gasteiger partial charge in [0.25, 0.3) is 11.8 Å². The molecule has 0 saturated carbocycles. The van der Waals surface area contributed by atoms with Crippen molar-refractivity contribution in [1.29, 1.82) is 0 Å². The fourth-order valence-corrected chi connectivity index (χ4v) is 6.09. The zero-order valence-electron chi connectivity index (χ0n) is 23.4. The van der Waals surface area contributed by atoms with Gasteiger partial charge in [-0.2, -0.15) is 0 Å². The van der Waals surface area contributed by atoms with Gasteiger partial charge in [0, 0.05) is 60.6 Å². The quantitative estimate of drug-likeness (QED) is 0.304. The average Bonchev–Trinajstić information content (AvgIpc) is 3.43. The molecule has 4 aromatic rings. The number of benzene rings is 4. The Morgan fingerprint density at radius 3 is 1.24 bits per heavy atom. The maximum absolute atomic E-state index is 13.8. The lowest BCUT2D eigenvalue weighted by Gasteiger charge is -2.38. The molecule has 210 valence electrons. The van der Waals surface area contributed by atoms with Crippen molar-refractivity contribution in [3.8, 4) is 0 Å². The molecule has 0 aliphatic carbocycles. The molecule has 2 heterocycles. The maximum atomic E-state index is 13.8. The Balaban J connectivity index is 1.39. The molecule has 0 radical (unpaired) electrons. The van der Waals surface area contributed by atoms with Crippen molar-refractivity contribution < 1.29 is 19.2 Å². The molecule has 0 spiro atoms. The van der Waals surface area contributed by atoms with E-state index in [4.69, 9.17) is 0 Å². The molecule has 42 heavy (non-hydrogen) atoms. The van der Waals surface area contributed by atoms with Gasteiger partial charge >= 0.3 is 0 Å². The highest BCUT2D eigenvalue weighted by molar-refractivity contribution is 6.04. The van der Waals surface area contributed by atoms with Crippen LogP contribution in [0.2, 0.25) is 0 Å². The van der Waals surface area contributed by atoms with Gasteiger partial charge in [-0.1, -0.05) is 72.8 Å². The van der Waals surface area contributed by atoms with E-state index in [0.29, 0.717) is 22.5 Å². The number of fused-ring (bicyclic) bond motifs is 2. The minimum absolute atomic E-state index is 0.144. The monoisotopic (exact) mass is 558 g/mol. The molecular formula is C34H30N4O4. The molecule has 0 fully saturated rings. The van der Waals surface area contributed by atoms with Crippen LogP contribution in [-0.4, -0.2) is 46.5 Å². The summed E-state index contributed by atoms with van der Waals surface area (Å²) in [6, 6.07) is 33.1. The second-order valence-electron chi connectivity index (χ2n) is 10.4. The van der Waals surface area contributed by atoms with Crippen LogP contribution >= 0.6 is 0 Å². The number of amides is 4. The van der Waals surface area contributed by atoms with Crippen molar-refractivity contribution in [2.45, 2.75) is 26.2 Å². The van der Waals surface area contributed by atoms with Crippen molar-refractivity contribution in [3.63, 3.8) is 0 Å². The largest absolute Gasteiger partial charge is 0.312 e. The van der Waals surface area contributed by atoms with E-state index in [9.17, 15) is 19.2 Å². The summed E-state index contributed by atoms with van der Waals surface area (Å²) in [7, 11) is 0. The predicted molar refractivity (Wildman–Crippen MR) is 160 cm³/mol. The average molecular weight is 559 g/mol. The van der Waals surface area contributed by atoms with Crippen molar-refractivity contribution >= 4 is 35.0 Å². The molecule has 0 N–H and O–H groups in total. The van der Waals surface area contributed by atoms with Gasteiger partial charge in [-0.25, -0.2) is 0 Å². The van der Waals surface area contributed by atoms with Crippen LogP contribution in [0.5, 0.6) is 0 Å². The van der Waals surface area contributed by atoms with E-state index >= 15 is 0 Å². The van der Waals surface area contributed by atoms with Gasteiger partial charge in [0.1, 0.15) is 12.3 Å². The number of rotatable bonds is 7. The van der Waals surface area contributed by atoms with Gasteiger partial charge in [0.15, 0.2) is 0 Å². The number of carbonyl (C=O) groups excluding carboxylic acids is 4. The van der Waals surface area contributed by atoms with Gasteiger partial charge in [-0.05, 0) is 36.4 Å². The maximum Gasteiger partial charge on any atom is 0.256 e. The summed E-state index contributed by atoms with van der Waals surface area (Å²) in [6.07, 6.45) is -1.38. The highest BCUT2D eigenvalue weighted by Crippen LogP contribution is 2.41. The Hall–Kier alpha value is -5.24. The fourth-order valence-electron chi connectivity index (χ4n) is 6.09. The first-order valence-corrected chi connectivity index (χ1v) is 13.9. The summed E-state index contributed by atoms with van der Waals surface area (Å²) in [5, 5.41) is 0. The van der Waals surface area contributed by atoms with Crippen LogP contribution in [0, 0.1) is 0 Å². The lowest BCUT2D eigenvalue weighted by molar-refractivity contribution is -0.118. The number of para-hydroxylation sites is 2. The van der Waals surface area contributed by atoms with Crippen LogP contribution in [0.15, 0.2) is 109 Å².